The lowest BCUT2D eigenvalue weighted by Gasteiger charge is -2.30. The number of aromatic nitrogens is 3. The number of para-hydroxylation sites is 2. The number of sulfonamides is 1. The molecule has 0 fully saturated rings. The molecule has 0 saturated carbocycles. The second kappa shape index (κ2) is 9.40. The Balaban J connectivity index is 1.34. The van der Waals surface area contributed by atoms with Crippen molar-refractivity contribution in [3.63, 3.8) is 0 Å². The molecule has 5 rings (SSSR count). The van der Waals surface area contributed by atoms with Gasteiger partial charge < -0.3 is 4.57 Å². The van der Waals surface area contributed by atoms with Gasteiger partial charge in [-0.05, 0) is 48.5 Å². The Bertz CT molecular complexity index is 1470. The summed E-state index contributed by atoms with van der Waals surface area (Å²) in [5.74, 6) is 0.767. The number of amides is 1. The van der Waals surface area contributed by atoms with Gasteiger partial charge in [0.2, 0.25) is 15.9 Å². The molecule has 4 aromatic rings. The van der Waals surface area contributed by atoms with Gasteiger partial charge in [0, 0.05) is 28.1 Å². The summed E-state index contributed by atoms with van der Waals surface area (Å²) < 4.78 is 27.1. The highest BCUT2D eigenvalue weighted by atomic mass is 32.2. The van der Waals surface area contributed by atoms with E-state index in [1.165, 1.54) is 11.8 Å². The van der Waals surface area contributed by atoms with Crippen LogP contribution in [0.2, 0.25) is 0 Å². The molecule has 2 heterocycles. The van der Waals surface area contributed by atoms with E-state index >= 15 is 0 Å². The van der Waals surface area contributed by atoms with Crippen LogP contribution in [-0.2, 0) is 21.9 Å². The van der Waals surface area contributed by atoms with Crippen molar-refractivity contribution >= 4 is 56.5 Å². The SMILES string of the molecule is Cn1c(SCC(=O)N2c3ccccc3Sc3ccccc32)nnc1-c1ccc(NS(C)(=O)=O)cc1. The van der Waals surface area contributed by atoms with Crippen molar-refractivity contribution < 1.29 is 13.2 Å². The van der Waals surface area contributed by atoms with Crippen molar-refractivity contribution in [1.82, 2.24) is 14.8 Å². The molecule has 11 heteroatoms. The lowest BCUT2D eigenvalue weighted by Crippen LogP contribution is -2.30. The van der Waals surface area contributed by atoms with Gasteiger partial charge in [-0.25, -0.2) is 8.42 Å². The molecule has 0 aliphatic carbocycles. The van der Waals surface area contributed by atoms with E-state index in [1.807, 2.05) is 60.1 Å². The van der Waals surface area contributed by atoms with Gasteiger partial charge in [0.05, 0.1) is 23.4 Å². The van der Waals surface area contributed by atoms with Crippen LogP contribution in [0.25, 0.3) is 11.4 Å². The molecule has 1 amide bonds. The van der Waals surface area contributed by atoms with E-state index < -0.39 is 10.0 Å². The second-order valence-corrected chi connectivity index (χ2v) is 11.6. The van der Waals surface area contributed by atoms with Crippen molar-refractivity contribution in [2.45, 2.75) is 14.9 Å². The highest BCUT2D eigenvalue weighted by molar-refractivity contribution is 8.00. The smallest absolute Gasteiger partial charge is 0.242 e. The third-order valence-electron chi connectivity index (χ3n) is 5.29. The molecular weight excluding hydrogens is 502 g/mol. The Morgan fingerprint density at radius 1 is 0.943 bits per heavy atom. The van der Waals surface area contributed by atoms with Crippen molar-refractivity contribution in [3.8, 4) is 11.4 Å². The van der Waals surface area contributed by atoms with Crippen molar-refractivity contribution in [2.75, 3.05) is 21.6 Å². The summed E-state index contributed by atoms with van der Waals surface area (Å²) in [4.78, 5) is 17.3. The summed E-state index contributed by atoms with van der Waals surface area (Å²) in [6, 6.07) is 22.7. The number of nitrogens with one attached hydrogen (secondary N) is 1. The molecule has 0 radical (unpaired) electrons. The summed E-state index contributed by atoms with van der Waals surface area (Å²) >= 11 is 2.98. The number of hydrogen-bond acceptors (Lipinski definition) is 7. The monoisotopic (exact) mass is 523 g/mol. The summed E-state index contributed by atoms with van der Waals surface area (Å²) in [6.45, 7) is 0. The number of anilines is 3. The maximum Gasteiger partial charge on any atom is 0.242 e. The van der Waals surface area contributed by atoms with Gasteiger partial charge in [0.15, 0.2) is 11.0 Å². The largest absolute Gasteiger partial charge is 0.305 e. The fourth-order valence-electron chi connectivity index (χ4n) is 3.76. The first kappa shape index (κ1) is 23.5. The molecule has 0 bridgehead atoms. The highest BCUT2D eigenvalue weighted by Gasteiger charge is 2.28. The quantitative estimate of drug-likeness (QED) is 0.364. The van der Waals surface area contributed by atoms with Crippen LogP contribution in [0.5, 0.6) is 0 Å². The van der Waals surface area contributed by atoms with Crippen molar-refractivity contribution in [1.29, 1.82) is 0 Å². The zero-order chi connectivity index (χ0) is 24.6. The number of hydrogen-bond donors (Lipinski definition) is 1. The number of thioether (sulfide) groups is 1. The highest BCUT2D eigenvalue weighted by Crippen LogP contribution is 2.48. The summed E-state index contributed by atoms with van der Waals surface area (Å²) in [5.41, 5.74) is 3.01. The van der Waals surface area contributed by atoms with Crippen LogP contribution in [0.4, 0.5) is 17.1 Å². The maximum absolute atomic E-state index is 13.4. The van der Waals surface area contributed by atoms with E-state index in [0.29, 0.717) is 16.7 Å². The normalized spacial score (nSPS) is 12.7. The molecular formula is C24H21N5O3S3. The Labute approximate surface area is 211 Å². The zero-order valence-corrected chi connectivity index (χ0v) is 21.3. The standard InChI is InChI=1S/C24H21N5O3S3/c1-28-23(16-11-13-17(14-12-16)27-35(2,31)32)25-26-24(28)33-15-22(30)29-18-7-3-5-9-20(18)34-21-10-6-4-8-19(21)29/h3-14,27H,15H2,1-2H3. The molecule has 1 aromatic heterocycles. The number of carbonyl (C=O) groups is 1. The topological polar surface area (TPSA) is 97.2 Å². The zero-order valence-electron chi connectivity index (χ0n) is 18.9. The molecule has 8 nitrogen and oxygen atoms in total. The van der Waals surface area contributed by atoms with Crippen LogP contribution in [0, 0.1) is 0 Å². The van der Waals surface area contributed by atoms with Crippen molar-refractivity contribution in [2.24, 2.45) is 7.05 Å². The summed E-state index contributed by atoms with van der Waals surface area (Å²) in [5, 5.41) is 9.16. The van der Waals surface area contributed by atoms with E-state index in [2.05, 4.69) is 14.9 Å². The molecule has 0 spiro atoms. The Hall–Kier alpha value is -3.28. The number of fused-ring (bicyclic) bond motifs is 2. The Kier molecular flexibility index (Phi) is 6.30. The molecule has 1 aliphatic heterocycles. The molecule has 0 saturated heterocycles. The van der Waals surface area contributed by atoms with Crippen LogP contribution in [0.1, 0.15) is 0 Å². The molecule has 0 unspecified atom stereocenters. The van der Waals surface area contributed by atoms with Gasteiger partial charge in [-0.3, -0.25) is 14.4 Å². The van der Waals surface area contributed by atoms with Gasteiger partial charge in [0.1, 0.15) is 0 Å². The van der Waals surface area contributed by atoms with Crippen LogP contribution < -0.4 is 9.62 Å². The number of carbonyl (C=O) groups excluding carboxylic acids is 1. The third kappa shape index (κ3) is 4.93. The minimum absolute atomic E-state index is 0.0454. The lowest BCUT2D eigenvalue weighted by molar-refractivity contribution is -0.115. The first-order valence-electron chi connectivity index (χ1n) is 10.6. The van der Waals surface area contributed by atoms with E-state index in [-0.39, 0.29) is 11.7 Å². The summed E-state index contributed by atoms with van der Waals surface area (Å²) in [7, 11) is -1.50. The number of benzene rings is 3. The van der Waals surface area contributed by atoms with E-state index in [9.17, 15) is 13.2 Å². The number of rotatable bonds is 6. The van der Waals surface area contributed by atoms with Crippen LogP contribution >= 0.6 is 23.5 Å². The first-order chi connectivity index (χ1) is 16.8. The van der Waals surface area contributed by atoms with E-state index in [4.69, 9.17) is 0 Å². The predicted molar refractivity (Wildman–Crippen MR) is 140 cm³/mol. The second-order valence-electron chi connectivity index (χ2n) is 7.87. The molecule has 1 N–H and O–H groups in total. The molecule has 1 aliphatic rings. The van der Waals surface area contributed by atoms with Crippen LogP contribution in [-0.4, -0.2) is 41.1 Å². The maximum atomic E-state index is 13.4. The predicted octanol–water partition coefficient (Wildman–Crippen LogP) is 4.78. The summed E-state index contributed by atoms with van der Waals surface area (Å²) in [6.07, 6.45) is 1.11. The van der Waals surface area contributed by atoms with Gasteiger partial charge in [-0.1, -0.05) is 47.8 Å². The fourth-order valence-corrected chi connectivity index (χ4v) is 6.14. The van der Waals surface area contributed by atoms with Gasteiger partial charge in [-0.15, -0.1) is 10.2 Å². The molecule has 178 valence electrons. The Morgan fingerprint density at radius 2 is 1.54 bits per heavy atom. The third-order valence-corrected chi connectivity index (χ3v) is 8.03. The van der Waals surface area contributed by atoms with Crippen molar-refractivity contribution in [3.05, 3.63) is 72.8 Å². The minimum atomic E-state index is -3.34. The van der Waals surface area contributed by atoms with Gasteiger partial charge >= 0.3 is 0 Å². The van der Waals surface area contributed by atoms with Crippen LogP contribution in [0.3, 0.4) is 0 Å². The fraction of sp³-hybridized carbons (Fsp3) is 0.125. The Morgan fingerprint density at radius 3 is 2.14 bits per heavy atom. The molecule has 3 aromatic carbocycles. The van der Waals surface area contributed by atoms with Gasteiger partial charge in [0.25, 0.3) is 0 Å². The minimum Gasteiger partial charge on any atom is -0.305 e. The van der Waals surface area contributed by atoms with E-state index in [0.717, 1.165) is 33.0 Å². The average Bonchev–Trinajstić information content (AvgIpc) is 3.20. The first-order valence-corrected chi connectivity index (χ1v) is 14.3. The molecule has 0 atom stereocenters. The molecule has 35 heavy (non-hydrogen) atoms. The number of nitrogens with zero attached hydrogens (tertiary/aromatic N) is 4. The van der Waals surface area contributed by atoms with Crippen LogP contribution in [0.15, 0.2) is 87.7 Å². The average molecular weight is 524 g/mol. The van der Waals surface area contributed by atoms with E-state index in [1.54, 1.807) is 40.9 Å². The lowest BCUT2D eigenvalue weighted by atomic mass is 10.2. The van der Waals surface area contributed by atoms with Gasteiger partial charge in [-0.2, -0.15) is 0 Å².